The van der Waals surface area contributed by atoms with Gasteiger partial charge in [0.25, 0.3) is 5.16 Å². The fourth-order valence-electron chi connectivity index (χ4n) is 2.03. The number of nitrogens with zero attached hydrogens (tertiary/aromatic N) is 4. The molecule has 1 amide bonds. The van der Waals surface area contributed by atoms with Crippen molar-refractivity contribution in [2.24, 2.45) is 5.92 Å². The molecule has 9 heteroatoms. The number of sulfone groups is 1. The number of carbonyl (C=O) groups excluding carboxylic acids is 1. The van der Waals surface area contributed by atoms with Crippen LogP contribution in [-0.4, -0.2) is 66.2 Å². The molecule has 132 valence electrons. The maximum Gasteiger partial charge on any atom is 0.346 e. The molecule has 23 heavy (non-hydrogen) atoms. The van der Waals surface area contributed by atoms with Gasteiger partial charge in [-0.25, -0.2) is 18.2 Å². The van der Waals surface area contributed by atoms with Crippen LogP contribution in [0.4, 0.5) is 4.79 Å². The van der Waals surface area contributed by atoms with Crippen LogP contribution < -0.4 is 0 Å². The second-order valence-electron chi connectivity index (χ2n) is 5.61. The van der Waals surface area contributed by atoms with Crippen molar-refractivity contribution in [3.8, 4) is 0 Å². The minimum Gasteiger partial charge on any atom is -0.380 e. The van der Waals surface area contributed by atoms with Crippen molar-refractivity contribution in [1.29, 1.82) is 0 Å². The second kappa shape index (κ2) is 8.97. The molecule has 0 aliphatic carbocycles. The maximum atomic E-state index is 12.4. The van der Waals surface area contributed by atoms with Crippen LogP contribution in [0.1, 0.15) is 34.1 Å². The van der Waals surface area contributed by atoms with Gasteiger partial charge in [0, 0.05) is 19.7 Å². The highest BCUT2D eigenvalue weighted by molar-refractivity contribution is 7.91. The number of rotatable bonds is 9. The molecule has 1 heterocycles. The minimum atomic E-state index is -3.57. The lowest BCUT2D eigenvalue weighted by atomic mass is 10.3. The first-order chi connectivity index (χ1) is 10.8. The van der Waals surface area contributed by atoms with E-state index < -0.39 is 15.9 Å². The molecule has 8 nitrogen and oxygen atoms in total. The molecule has 0 spiro atoms. The van der Waals surface area contributed by atoms with Crippen LogP contribution in [0.3, 0.4) is 0 Å². The van der Waals surface area contributed by atoms with Crippen molar-refractivity contribution in [2.45, 2.75) is 39.3 Å². The summed E-state index contributed by atoms with van der Waals surface area (Å²) < 4.78 is 30.4. The minimum absolute atomic E-state index is 0.0366. The molecule has 0 saturated carbocycles. The van der Waals surface area contributed by atoms with Crippen LogP contribution in [0.2, 0.25) is 0 Å². The number of ether oxygens (including phenoxy) is 1. The van der Waals surface area contributed by atoms with E-state index in [1.54, 1.807) is 18.7 Å². The Hall–Kier alpha value is -1.48. The molecule has 0 saturated heterocycles. The first-order valence-corrected chi connectivity index (χ1v) is 9.48. The third-order valence-corrected chi connectivity index (χ3v) is 4.82. The number of amides is 1. The first kappa shape index (κ1) is 19.6. The van der Waals surface area contributed by atoms with Gasteiger partial charge in [0.15, 0.2) is 0 Å². The Kier molecular flexibility index (Phi) is 7.63. The molecular formula is C14H26N4O4S. The van der Waals surface area contributed by atoms with Crippen molar-refractivity contribution < 1.29 is 17.9 Å². The van der Waals surface area contributed by atoms with Gasteiger partial charge >= 0.3 is 6.03 Å². The third-order valence-electron chi connectivity index (χ3n) is 2.97. The normalized spacial score (nSPS) is 11.9. The molecule has 0 aromatic carbocycles. The summed E-state index contributed by atoms with van der Waals surface area (Å²) >= 11 is 0. The molecule has 0 aliphatic heterocycles. The number of hydrogen-bond acceptors (Lipinski definition) is 6. The maximum absolute atomic E-state index is 12.4. The lowest BCUT2D eigenvalue weighted by Crippen LogP contribution is -2.38. The summed E-state index contributed by atoms with van der Waals surface area (Å²) in [5, 5.41) is 3.55. The quantitative estimate of drug-likeness (QED) is 0.628. The average molecular weight is 346 g/mol. The third kappa shape index (κ3) is 5.91. The van der Waals surface area contributed by atoms with E-state index in [1.165, 1.54) is 0 Å². The summed E-state index contributed by atoms with van der Waals surface area (Å²) in [6.07, 6.45) is 1.93. The molecule has 0 fully saturated rings. The van der Waals surface area contributed by atoms with Crippen molar-refractivity contribution in [3.05, 3.63) is 6.33 Å². The van der Waals surface area contributed by atoms with Gasteiger partial charge in [0.1, 0.15) is 6.33 Å². The molecule has 0 N–H and O–H groups in total. The van der Waals surface area contributed by atoms with E-state index in [-0.39, 0.29) is 16.8 Å². The van der Waals surface area contributed by atoms with E-state index in [0.717, 1.165) is 17.4 Å². The first-order valence-electron chi connectivity index (χ1n) is 7.83. The summed E-state index contributed by atoms with van der Waals surface area (Å²) in [5.41, 5.74) is 0. The lowest BCUT2D eigenvalue weighted by molar-refractivity contribution is 0.118. The Bertz CT molecular complexity index is 598. The molecule has 1 rings (SSSR count). The van der Waals surface area contributed by atoms with Gasteiger partial charge in [-0.3, -0.25) is 0 Å². The molecule has 1 aromatic heterocycles. The number of carbonyl (C=O) groups is 1. The monoisotopic (exact) mass is 346 g/mol. The van der Waals surface area contributed by atoms with Crippen LogP contribution >= 0.6 is 0 Å². The molecule has 1 aromatic rings. The van der Waals surface area contributed by atoms with Gasteiger partial charge in [0.2, 0.25) is 9.84 Å². The fourth-order valence-corrected chi connectivity index (χ4v) is 3.48. The van der Waals surface area contributed by atoms with Gasteiger partial charge in [-0.1, -0.05) is 20.8 Å². The summed E-state index contributed by atoms with van der Waals surface area (Å²) in [5.74, 6) is -0.0840. The predicted octanol–water partition coefficient (Wildman–Crippen LogP) is 1.42. The lowest BCUT2D eigenvalue weighted by Gasteiger charge is -2.21. The van der Waals surface area contributed by atoms with Crippen LogP contribution in [0.25, 0.3) is 0 Å². The Labute approximate surface area is 137 Å². The van der Waals surface area contributed by atoms with Gasteiger partial charge < -0.3 is 9.64 Å². The Morgan fingerprint density at radius 3 is 2.61 bits per heavy atom. The zero-order valence-electron chi connectivity index (χ0n) is 14.2. The molecular weight excluding hydrogens is 320 g/mol. The smallest absolute Gasteiger partial charge is 0.346 e. The average Bonchev–Trinajstić information content (AvgIpc) is 2.95. The zero-order chi connectivity index (χ0) is 17.5. The highest BCUT2D eigenvalue weighted by Gasteiger charge is 2.24. The highest BCUT2D eigenvalue weighted by atomic mass is 32.2. The molecule has 0 radical (unpaired) electrons. The van der Waals surface area contributed by atoms with E-state index in [4.69, 9.17) is 4.74 Å². The van der Waals surface area contributed by atoms with Crippen molar-refractivity contribution in [3.63, 3.8) is 0 Å². The van der Waals surface area contributed by atoms with Crippen LogP contribution in [0.15, 0.2) is 11.5 Å². The van der Waals surface area contributed by atoms with E-state index in [9.17, 15) is 13.2 Å². The van der Waals surface area contributed by atoms with Crippen LogP contribution in [0.5, 0.6) is 0 Å². The molecule has 0 atom stereocenters. The fraction of sp³-hybridized carbons (Fsp3) is 0.786. The summed E-state index contributed by atoms with van der Waals surface area (Å²) in [6, 6.07) is -0.398. The van der Waals surface area contributed by atoms with Crippen molar-refractivity contribution in [2.75, 3.05) is 32.1 Å². The number of aromatic nitrogens is 3. The SMILES string of the molecule is CCCN(CCOCC)C(=O)n1cnc(S(=O)(=O)CC(C)C)n1. The molecule has 0 unspecified atom stereocenters. The Morgan fingerprint density at radius 2 is 2.04 bits per heavy atom. The summed E-state index contributed by atoms with van der Waals surface area (Å²) in [4.78, 5) is 17.8. The summed E-state index contributed by atoms with van der Waals surface area (Å²) in [6.45, 7) is 9.42. The standard InChI is InChI=1S/C14H26N4O4S/c1-5-7-17(8-9-22-6-2)14(19)18-11-15-13(16-18)23(20,21)10-12(3)4/h11-12H,5-10H2,1-4H3. The van der Waals surface area contributed by atoms with Crippen LogP contribution in [-0.2, 0) is 14.6 Å². The van der Waals surface area contributed by atoms with E-state index in [0.29, 0.717) is 26.3 Å². The van der Waals surface area contributed by atoms with E-state index in [1.807, 2.05) is 13.8 Å². The second-order valence-corrected chi connectivity index (χ2v) is 7.54. The summed E-state index contributed by atoms with van der Waals surface area (Å²) in [7, 11) is -3.57. The molecule has 0 bridgehead atoms. The Balaban J connectivity index is 2.86. The van der Waals surface area contributed by atoms with Gasteiger partial charge in [-0.15, -0.1) is 5.10 Å². The van der Waals surface area contributed by atoms with Gasteiger partial charge in [-0.2, -0.15) is 4.68 Å². The highest BCUT2D eigenvalue weighted by Crippen LogP contribution is 2.09. The van der Waals surface area contributed by atoms with Gasteiger partial charge in [0.05, 0.1) is 12.4 Å². The van der Waals surface area contributed by atoms with Crippen molar-refractivity contribution >= 4 is 15.9 Å². The van der Waals surface area contributed by atoms with E-state index in [2.05, 4.69) is 10.1 Å². The number of hydrogen-bond donors (Lipinski definition) is 0. The topological polar surface area (TPSA) is 94.4 Å². The zero-order valence-corrected chi connectivity index (χ0v) is 15.0. The van der Waals surface area contributed by atoms with Crippen molar-refractivity contribution in [1.82, 2.24) is 19.7 Å². The van der Waals surface area contributed by atoms with E-state index >= 15 is 0 Å². The predicted molar refractivity (Wildman–Crippen MR) is 86.1 cm³/mol. The van der Waals surface area contributed by atoms with Crippen LogP contribution in [0, 0.1) is 5.92 Å². The Morgan fingerprint density at radius 1 is 1.35 bits per heavy atom. The largest absolute Gasteiger partial charge is 0.380 e. The van der Waals surface area contributed by atoms with Gasteiger partial charge in [-0.05, 0) is 19.3 Å². The molecule has 0 aliphatic rings.